The minimum atomic E-state index is -0.842. The van der Waals surface area contributed by atoms with Crippen LogP contribution < -0.4 is 24.4 Å². The van der Waals surface area contributed by atoms with Gasteiger partial charge < -0.3 is 14.2 Å². The summed E-state index contributed by atoms with van der Waals surface area (Å²) in [7, 11) is 0. The summed E-state index contributed by atoms with van der Waals surface area (Å²) < 4.78 is 18.4. The number of urea groups is 1. The summed E-state index contributed by atoms with van der Waals surface area (Å²) in [6.45, 7) is 2.76. The number of benzene rings is 4. The van der Waals surface area contributed by atoms with E-state index in [2.05, 4.69) is 27.9 Å². The molecular weight excluding hydrogens is 718 g/mol. The van der Waals surface area contributed by atoms with Crippen molar-refractivity contribution in [1.82, 2.24) is 5.32 Å². The molecule has 4 amide bonds. The summed E-state index contributed by atoms with van der Waals surface area (Å²) >= 11 is 14.2. The zero-order valence-electron chi connectivity index (χ0n) is 23.3. The van der Waals surface area contributed by atoms with E-state index in [4.69, 9.17) is 37.4 Å². The fraction of sp³-hybridized carbons (Fsp3) is 0.121. The number of amides is 4. The number of barbiturate groups is 1. The quantitative estimate of drug-likeness (QED) is 0.101. The van der Waals surface area contributed by atoms with E-state index in [0.29, 0.717) is 49.6 Å². The van der Waals surface area contributed by atoms with Crippen LogP contribution in [0.15, 0.2) is 90.5 Å². The van der Waals surface area contributed by atoms with Crippen molar-refractivity contribution in [3.63, 3.8) is 0 Å². The van der Waals surface area contributed by atoms with Gasteiger partial charge in [-0.05, 0) is 101 Å². The molecule has 0 aromatic heterocycles. The van der Waals surface area contributed by atoms with Gasteiger partial charge in [0.05, 0.1) is 25.9 Å². The molecule has 4 aromatic rings. The normalized spacial score (nSPS) is 14.0. The lowest BCUT2D eigenvalue weighted by Crippen LogP contribution is -2.54. The summed E-state index contributed by atoms with van der Waals surface area (Å²) in [5.74, 6) is -0.0779. The van der Waals surface area contributed by atoms with Crippen LogP contribution in [0.1, 0.15) is 23.6 Å². The number of rotatable bonds is 10. The highest BCUT2D eigenvalue weighted by atomic mass is 127. The molecule has 1 fully saturated rings. The van der Waals surface area contributed by atoms with E-state index in [0.717, 1.165) is 16.0 Å². The van der Waals surface area contributed by atoms with Gasteiger partial charge in [-0.25, -0.2) is 9.69 Å². The molecule has 0 aliphatic carbocycles. The Morgan fingerprint density at radius 1 is 0.818 bits per heavy atom. The fourth-order valence-electron chi connectivity index (χ4n) is 4.35. The maximum atomic E-state index is 13.5. The van der Waals surface area contributed by atoms with E-state index in [1.807, 2.05) is 43.3 Å². The molecule has 1 heterocycles. The Balaban J connectivity index is 1.36. The van der Waals surface area contributed by atoms with Gasteiger partial charge in [0.15, 0.2) is 11.5 Å². The molecule has 5 rings (SSSR count). The van der Waals surface area contributed by atoms with Crippen molar-refractivity contribution in [2.24, 2.45) is 0 Å². The van der Waals surface area contributed by atoms with Gasteiger partial charge in [0.1, 0.15) is 24.5 Å². The highest BCUT2D eigenvalue weighted by Gasteiger charge is 2.37. The summed E-state index contributed by atoms with van der Waals surface area (Å²) in [5, 5.41) is 3.12. The van der Waals surface area contributed by atoms with E-state index in [9.17, 15) is 14.4 Å². The number of nitrogens with zero attached hydrogens (tertiary/aromatic N) is 1. The predicted octanol–water partition coefficient (Wildman–Crippen LogP) is 7.82. The zero-order chi connectivity index (χ0) is 31.2. The van der Waals surface area contributed by atoms with Crippen LogP contribution in [0.25, 0.3) is 6.08 Å². The number of carbonyl (C=O) groups is 3. The molecule has 44 heavy (non-hydrogen) atoms. The fourth-order valence-corrected chi connectivity index (χ4v) is 5.45. The summed E-state index contributed by atoms with van der Waals surface area (Å²) in [5.41, 5.74) is 2.40. The number of hydrogen-bond donors (Lipinski definition) is 1. The maximum absolute atomic E-state index is 13.5. The number of halogens is 3. The number of ether oxygens (including phenoxy) is 3. The Hall–Kier alpha value is -4.06. The van der Waals surface area contributed by atoms with Gasteiger partial charge in [0, 0.05) is 0 Å². The number of nitrogens with one attached hydrogen (secondary N) is 1. The molecular formula is C33H25Cl2IN2O6. The number of anilines is 1. The van der Waals surface area contributed by atoms with E-state index in [1.54, 1.807) is 48.5 Å². The minimum absolute atomic E-state index is 0.210. The second kappa shape index (κ2) is 14.1. The molecule has 0 spiro atoms. The Labute approximate surface area is 277 Å². The molecule has 11 heteroatoms. The minimum Gasteiger partial charge on any atom is -0.490 e. The number of imide groups is 2. The van der Waals surface area contributed by atoms with Crippen LogP contribution >= 0.6 is 45.8 Å². The van der Waals surface area contributed by atoms with Gasteiger partial charge in [-0.15, -0.1) is 0 Å². The lowest BCUT2D eigenvalue weighted by Gasteiger charge is -2.26. The van der Waals surface area contributed by atoms with Crippen LogP contribution in [0.3, 0.4) is 0 Å². The standard InChI is InChI=1S/C33H25Cl2IN2O6/c1-2-42-29-17-22(16-28(36)30(29)44-19-21-8-13-26(34)27(35)15-21)14-25-31(39)37-33(41)38(32(25)40)23-9-11-24(12-10-23)43-18-20-6-4-3-5-7-20/h3-17H,2,18-19H2,1H3,(H,37,39,41)/b25-14+. The first-order chi connectivity index (χ1) is 21.2. The van der Waals surface area contributed by atoms with Crippen molar-refractivity contribution in [3.8, 4) is 17.2 Å². The molecule has 224 valence electrons. The second-order valence-corrected chi connectivity index (χ2v) is 11.5. The molecule has 1 aliphatic heterocycles. The van der Waals surface area contributed by atoms with Crippen LogP contribution in [0, 0.1) is 3.57 Å². The van der Waals surface area contributed by atoms with Crippen LogP contribution in [-0.4, -0.2) is 24.5 Å². The maximum Gasteiger partial charge on any atom is 0.335 e. The summed E-state index contributed by atoms with van der Waals surface area (Å²) in [4.78, 5) is 39.9. The molecule has 8 nitrogen and oxygen atoms in total. The molecule has 0 saturated carbocycles. The predicted molar refractivity (Wildman–Crippen MR) is 177 cm³/mol. The highest BCUT2D eigenvalue weighted by molar-refractivity contribution is 14.1. The van der Waals surface area contributed by atoms with E-state index in [1.165, 1.54) is 6.08 Å². The molecule has 0 radical (unpaired) electrons. The van der Waals surface area contributed by atoms with Gasteiger partial charge >= 0.3 is 6.03 Å². The van der Waals surface area contributed by atoms with Gasteiger partial charge in [-0.2, -0.15) is 0 Å². The molecule has 0 atom stereocenters. The topological polar surface area (TPSA) is 94.2 Å². The number of carbonyl (C=O) groups excluding carboxylic acids is 3. The van der Waals surface area contributed by atoms with Gasteiger partial charge in [0.2, 0.25) is 0 Å². The average Bonchev–Trinajstić information content (AvgIpc) is 3.01. The second-order valence-electron chi connectivity index (χ2n) is 9.53. The highest BCUT2D eigenvalue weighted by Crippen LogP contribution is 2.36. The lowest BCUT2D eigenvalue weighted by atomic mass is 10.1. The molecule has 1 aliphatic rings. The van der Waals surface area contributed by atoms with E-state index >= 15 is 0 Å². The first-order valence-electron chi connectivity index (χ1n) is 13.4. The first-order valence-corrected chi connectivity index (χ1v) is 15.3. The molecule has 1 N–H and O–H groups in total. The Bertz CT molecular complexity index is 1750. The number of hydrogen-bond acceptors (Lipinski definition) is 6. The molecule has 1 saturated heterocycles. The smallest absolute Gasteiger partial charge is 0.335 e. The van der Waals surface area contributed by atoms with Crippen molar-refractivity contribution in [3.05, 3.63) is 121 Å². The van der Waals surface area contributed by atoms with Crippen LogP contribution in [0.2, 0.25) is 10.0 Å². The largest absolute Gasteiger partial charge is 0.490 e. The summed E-state index contributed by atoms with van der Waals surface area (Å²) in [6.07, 6.45) is 1.42. The third-order valence-corrected chi connectivity index (χ3v) is 8.00. The van der Waals surface area contributed by atoms with Crippen molar-refractivity contribution in [1.29, 1.82) is 0 Å². The summed E-state index contributed by atoms with van der Waals surface area (Å²) in [6, 6.07) is 24.0. The van der Waals surface area contributed by atoms with Gasteiger partial charge in [-0.1, -0.05) is 59.6 Å². The van der Waals surface area contributed by atoms with E-state index in [-0.39, 0.29) is 17.9 Å². The monoisotopic (exact) mass is 742 g/mol. The third kappa shape index (κ3) is 7.35. The Morgan fingerprint density at radius 3 is 2.25 bits per heavy atom. The molecule has 0 bridgehead atoms. The Kier molecular flexibility index (Phi) is 10.1. The van der Waals surface area contributed by atoms with Crippen molar-refractivity contribution >= 4 is 75.4 Å². The zero-order valence-corrected chi connectivity index (χ0v) is 27.0. The third-order valence-electron chi connectivity index (χ3n) is 6.45. The van der Waals surface area contributed by atoms with Crippen molar-refractivity contribution < 1.29 is 28.6 Å². The van der Waals surface area contributed by atoms with Gasteiger partial charge in [0.25, 0.3) is 11.8 Å². The van der Waals surface area contributed by atoms with Crippen molar-refractivity contribution in [2.75, 3.05) is 11.5 Å². The average molecular weight is 743 g/mol. The van der Waals surface area contributed by atoms with Crippen LogP contribution in [-0.2, 0) is 22.8 Å². The SMILES string of the molecule is CCOc1cc(/C=C2\C(=O)NC(=O)N(c3ccc(OCc4ccccc4)cc3)C2=O)cc(I)c1OCc1ccc(Cl)c(Cl)c1. The lowest BCUT2D eigenvalue weighted by molar-refractivity contribution is -0.122. The first kappa shape index (κ1) is 31.4. The molecule has 0 unspecified atom stereocenters. The molecule has 4 aromatic carbocycles. The van der Waals surface area contributed by atoms with Gasteiger partial charge in [-0.3, -0.25) is 14.9 Å². The van der Waals surface area contributed by atoms with Crippen LogP contribution in [0.5, 0.6) is 17.2 Å². The Morgan fingerprint density at radius 2 is 1.55 bits per heavy atom. The van der Waals surface area contributed by atoms with Crippen LogP contribution in [0.4, 0.5) is 10.5 Å². The van der Waals surface area contributed by atoms with E-state index < -0.39 is 17.8 Å². The van der Waals surface area contributed by atoms with Crippen molar-refractivity contribution in [2.45, 2.75) is 20.1 Å².